The Bertz CT molecular complexity index is 640. The Hall–Kier alpha value is -2.83. The fraction of sp³-hybridized carbons (Fsp3) is 0.312. The number of alkyl carbamates (subject to hydrolysis) is 1. The lowest BCUT2D eigenvalue weighted by Gasteiger charge is -2.07. The van der Waals surface area contributed by atoms with E-state index in [2.05, 4.69) is 15.7 Å². The summed E-state index contributed by atoms with van der Waals surface area (Å²) in [7, 11) is 1.78. The highest BCUT2D eigenvalue weighted by Crippen LogP contribution is 2.03. The van der Waals surface area contributed by atoms with E-state index in [1.807, 2.05) is 30.3 Å². The summed E-state index contributed by atoms with van der Waals surface area (Å²) in [6.45, 7) is 0.607. The molecule has 0 atom stereocenters. The fourth-order valence-corrected chi connectivity index (χ4v) is 1.90. The minimum Gasteiger partial charge on any atom is -0.445 e. The summed E-state index contributed by atoms with van der Waals surface area (Å²) in [6.07, 6.45) is 2.09. The maximum Gasteiger partial charge on any atom is 0.407 e. The van der Waals surface area contributed by atoms with Crippen molar-refractivity contribution in [3.8, 4) is 0 Å². The number of rotatable bonds is 7. The number of benzene rings is 1. The molecule has 1 heterocycles. The van der Waals surface area contributed by atoms with Gasteiger partial charge < -0.3 is 15.4 Å². The van der Waals surface area contributed by atoms with Crippen LogP contribution in [-0.2, 0) is 23.2 Å². The molecule has 0 aliphatic carbocycles. The Labute approximate surface area is 134 Å². The van der Waals surface area contributed by atoms with Gasteiger partial charge in [0.05, 0.1) is 0 Å². The van der Waals surface area contributed by atoms with Gasteiger partial charge in [-0.05, 0) is 12.0 Å². The van der Waals surface area contributed by atoms with Crippen LogP contribution in [0.5, 0.6) is 0 Å². The third-order valence-electron chi connectivity index (χ3n) is 3.04. The zero-order valence-corrected chi connectivity index (χ0v) is 13.0. The van der Waals surface area contributed by atoms with E-state index in [-0.39, 0.29) is 12.5 Å². The molecule has 0 saturated heterocycles. The molecule has 2 amide bonds. The average Bonchev–Trinajstić information content (AvgIpc) is 2.95. The molecule has 0 radical (unpaired) electrons. The zero-order chi connectivity index (χ0) is 16.5. The number of aromatic nitrogens is 2. The van der Waals surface area contributed by atoms with E-state index in [0.717, 1.165) is 5.56 Å². The Morgan fingerprint density at radius 1 is 1.22 bits per heavy atom. The second-order valence-electron chi connectivity index (χ2n) is 5.01. The molecule has 0 bridgehead atoms. The van der Waals surface area contributed by atoms with Gasteiger partial charge in [0, 0.05) is 32.3 Å². The number of nitrogens with zero attached hydrogens (tertiary/aromatic N) is 2. The number of carbonyl (C=O) groups is 2. The van der Waals surface area contributed by atoms with E-state index < -0.39 is 6.09 Å². The van der Waals surface area contributed by atoms with Crippen molar-refractivity contribution in [2.45, 2.75) is 19.4 Å². The van der Waals surface area contributed by atoms with Crippen molar-refractivity contribution in [2.24, 2.45) is 7.05 Å². The second-order valence-corrected chi connectivity index (χ2v) is 5.01. The first-order valence-electron chi connectivity index (χ1n) is 7.37. The van der Waals surface area contributed by atoms with E-state index in [9.17, 15) is 9.59 Å². The van der Waals surface area contributed by atoms with E-state index >= 15 is 0 Å². The highest BCUT2D eigenvalue weighted by Gasteiger charge is 2.06. The summed E-state index contributed by atoms with van der Waals surface area (Å²) in [5, 5.41) is 9.35. The number of carbonyl (C=O) groups excluding carboxylic acids is 2. The molecule has 1 aromatic carbocycles. The minimum atomic E-state index is -0.487. The summed E-state index contributed by atoms with van der Waals surface area (Å²) in [4.78, 5) is 23.2. The number of amides is 2. The minimum absolute atomic E-state index is 0.136. The fourth-order valence-electron chi connectivity index (χ4n) is 1.90. The van der Waals surface area contributed by atoms with Crippen molar-refractivity contribution in [1.29, 1.82) is 0 Å². The molecule has 7 nitrogen and oxygen atoms in total. The summed E-state index contributed by atoms with van der Waals surface area (Å²) in [5.41, 5.74) is 0.928. The second kappa shape index (κ2) is 8.57. The van der Waals surface area contributed by atoms with Crippen LogP contribution in [0.25, 0.3) is 0 Å². The van der Waals surface area contributed by atoms with Gasteiger partial charge in [0.15, 0.2) is 5.82 Å². The molecule has 0 spiro atoms. The normalized spacial score (nSPS) is 10.1. The summed E-state index contributed by atoms with van der Waals surface area (Å²) in [6, 6.07) is 11.2. The molecule has 0 unspecified atom stereocenters. The van der Waals surface area contributed by atoms with E-state index in [0.29, 0.717) is 25.2 Å². The van der Waals surface area contributed by atoms with Crippen LogP contribution in [0.4, 0.5) is 10.6 Å². The quantitative estimate of drug-likeness (QED) is 0.766. The first-order valence-corrected chi connectivity index (χ1v) is 7.37. The molecule has 2 aromatic rings. The predicted molar refractivity (Wildman–Crippen MR) is 85.7 cm³/mol. The van der Waals surface area contributed by atoms with E-state index in [1.54, 1.807) is 24.0 Å². The topological polar surface area (TPSA) is 85.2 Å². The van der Waals surface area contributed by atoms with Crippen molar-refractivity contribution in [1.82, 2.24) is 15.1 Å². The molecule has 2 rings (SSSR count). The standard InChI is InChI=1S/C16H20N4O3/c1-20-11-9-14(19-20)18-15(21)8-5-10-17-16(22)23-12-13-6-3-2-4-7-13/h2-4,6-7,9,11H,5,8,10,12H2,1H3,(H,17,22)(H,18,19,21). The number of anilines is 1. The number of hydrogen-bond donors (Lipinski definition) is 2. The third-order valence-corrected chi connectivity index (χ3v) is 3.04. The lowest BCUT2D eigenvalue weighted by Crippen LogP contribution is -2.26. The number of aryl methyl sites for hydroxylation is 1. The molecule has 7 heteroatoms. The molecule has 1 aromatic heterocycles. The summed E-state index contributed by atoms with van der Waals surface area (Å²) < 4.78 is 6.68. The van der Waals surface area contributed by atoms with Crippen LogP contribution in [0.2, 0.25) is 0 Å². The number of nitrogens with one attached hydrogen (secondary N) is 2. The Morgan fingerprint density at radius 2 is 2.00 bits per heavy atom. The largest absolute Gasteiger partial charge is 0.445 e. The number of hydrogen-bond acceptors (Lipinski definition) is 4. The van der Waals surface area contributed by atoms with Gasteiger partial charge >= 0.3 is 6.09 Å². The molecule has 122 valence electrons. The van der Waals surface area contributed by atoms with Crippen molar-refractivity contribution < 1.29 is 14.3 Å². The van der Waals surface area contributed by atoms with Crippen molar-refractivity contribution in [3.63, 3.8) is 0 Å². The molecular formula is C16H20N4O3. The predicted octanol–water partition coefficient (Wildman–Crippen LogP) is 2.07. The van der Waals surface area contributed by atoms with Crippen LogP contribution in [0, 0.1) is 0 Å². The average molecular weight is 316 g/mol. The monoisotopic (exact) mass is 316 g/mol. The van der Waals surface area contributed by atoms with Crippen LogP contribution in [-0.4, -0.2) is 28.3 Å². The van der Waals surface area contributed by atoms with Gasteiger partial charge in [0.2, 0.25) is 5.91 Å². The third kappa shape index (κ3) is 6.21. The lowest BCUT2D eigenvalue weighted by atomic mass is 10.2. The first-order chi connectivity index (χ1) is 11.1. The van der Waals surface area contributed by atoms with Gasteiger partial charge in [0.1, 0.15) is 6.61 Å². The summed E-state index contributed by atoms with van der Waals surface area (Å²) >= 11 is 0. The highest BCUT2D eigenvalue weighted by molar-refractivity contribution is 5.89. The van der Waals surface area contributed by atoms with Gasteiger partial charge in [-0.3, -0.25) is 9.48 Å². The first kappa shape index (κ1) is 16.5. The Kier molecular flexibility index (Phi) is 6.17. The summed E-state index contributed by atoms with van der Waals surface area (Å²) in [5.74, 6) is 0.385. The van der Waals surface area contributed by atoms with Crippen LogP contribution in [0.3, 0.4) is 0 Å². The van der Waals surface area contributed by atoms with Crippen LogP contribution in [0.1, 0.15) is 18.4 Å². The molecule has 2 N–H and O–H groups in total. The van der Waals surface area contributed by atoms with E-state index in [4.69, 9.17) is 4.74 Å². The van der Waals surface area contributed by atoms with Crippen LogP contribution in [0.15, 0.2) is 42.6 Å². The van der Waals surface area contributed by atoms with Crippen molar-refractivity contribution in [3.05, 3.63) is 48.2 Å². The maximum absolute atomic E-state index is 11.7. The SMILES string of the molecule is Cn1ccc(NC(=O)CCCNC(=O)OCc2ccccc2)n1. The molecule has 23 heavy (non-hydrogen) atoms. The molecule has 0 aliphatic rings. The van der Waals surface area contributed by atoms with Gasteiger partial charge in [-0.15, -0.1) is 0 Å². The molecular weight excluding hydrogens is 296 g/mol. The van der Waals surface area contributed by atoms with Gasteiger partial charge in [-0.2, -0.15) is 5.10 Å². The Morgan fingerprint density at radius 3 is 2.70 bits per heavy atom. The van der Waals surface area contributed by atoms with Crippen LogP contribution >= 0.6 is 0 Å². The van der Waals surface area contributed by atoms with Gasteiger partial charge in [-0.1, -0.05) is 30.3 Å². The van der Waals surface area contributed by atoms with Crippen LogP contribution < -0.4 is 10.6 Å². The van der Waals surface area contributed by atoms with E-state index in [1.165, 1.54) is 0 Å². The smallest absolute Gasteiger partial charge is 0.407 e. The lowest BCUT2D eigenvalue weighted by molar-refractivity contribution is -0.116. The van der Waals surface area contributed by atoms with Gasteiger partial charge in [0.25, 0.3) is 0 Å². The van der Waals surface area contributed by atoms with Crippen molar-refractivity contribution >= 4 is 17.8 Å². The Balaban J connectivity index is 1.56. The maximum atomic E-state index is 11.7. The zero-order valence-electron chi connectivity index (χ0n) is 13.0. The molecule has 0 fully saturated rings. The van der Waals surface area contributed by atoms with Crippen molar-refractivity contribution in [2.75, 3.05) is 11.9 Å². The van der Waals surface area contributed by atoms with Gasteiger partial charge in [-0.25, -0.2) is 4.79 Å². The highest BCUT2D eigenvalue weighted by atomic mass is 16.5. The molecule has 0 saturated carbocycles. The molecule has 0 aliphatic heterocycles. The number of ether oxygens (including phenoxy) is 1.